The summed E-state index contributed by atoms with van der Waals surface area (Å²) in [5.74, 6) is 0. The molecule has 1 N–H and O–H groups in total. The van der Waals surface area contributed by atoms with Crippen LogP contribution in [0.2, 0.25) is 0 Å². The van der Waals surface area contributed by atoms with Gasteiger partial charge in [-0.25, -0.2) is 0 Å². The van der Waals surface area contributed by atoms with Crippen LogP contribution in [0.1, 0.15) is 11.3 Å². The third kappa shape index (κ3) is 4.54. The van der Waals surface area contributed by atoms with Gasteiger partial charge >= 0.3 is 0 Å². The fourth-order valence-electron chi connectivity index (χ4n) is 2.93. The number of anilines is 1. The lowest BCUT2D eigenvalue weighted by Crippen LogP contribution is -2.48. The molecule has 1 aromatic carbocycles. The zero-order chi connectivity index (χ0) is 16.6. The van der Waals surface area contributed by atoms with E-state index in [9.17, 15) is 0 Å². The third-order valence-electron chi connectivity index (χ3n) is 4.37. The predicted octanol–water partition coefficient (Wildman–Crippen LogP) is 1.87. The van der Waals surface area contributed by atoms with Crippen molar-refractivity contribution in [1.82, 2.24) is 15.2 Å². The lowest BCUT2D eigenvalue weighted by Gasteiger charge is -2.36. The van der Waals surface area contributed by atoms with Crippen LogP contribution in [0.25, 0.3) is 0 Å². The van der Waals surface area contributed by atoms with Crippen molar-refractivity contribution < 1.29 is 0 Å². The summed E-state index contributed by atoms with van der Waals surface area (Å²) >= 11 is 0. The zero-order valence-electron chi connectivity index (χ0n) is 13.9. The van der Waals surface area contributed by atoms with Crippen molar-refractivity contribution in [3.05, 3.63) is 59.9 Å². The number of piperazine rings is 1. The first-order valence-electron chi connectivity index (χ1n) is 8.43. The van der Waals surface area contributed by atoms with Crippen molar-refractivity contribution in [3.8, 4) is 6.07 Å². The Morgan fingerprint density at radius 1 is 1.04 bits per heavy atom. The minimum absolute atomic E-state index is 0.719. The summed E-state index contributed by atoms with van der Waals surface area (Å²) in [5, 5.41) is 12.3. The van der Waals surface area contributed by atoms with E-state index in [4.69, 9.17) is 5.26 Å². The van der Waals surface area contributed by atoms with Crippen LogP contribution in [0.5, 0.6) is 0 Å². The molecule has 5 heteroatoms. The molecule has 24 heavy (non-hydrogen) atoms. The SMILES string of the molecule is N#Cc1ccc(N2CCN(CCNCc3ccccn3)CC2)cc1. The monoisotopic (exact) mass is 321 g/mol. The molecule has 0 spiro atoms. The normalized spacial score (nSPS) is 15.2. The first-order chi connectivity index (χ1) is 11.8. The van der Waals surface area contributed by atoms with E-state index >= 15 is 0 Å². The number of nitrogens with zero attached hydrogens (tertiary/aromatic N) is 4. The van der Waals surface area contributed by atoms with Crippen molar-refractivity contribution in [2.75, 3.05) is 44.2 Å². The Bertz CT molecular complexity index is 654. The van der Waals surface area contributed by atoms with Gasteiger partial charge in [-0.1, -0.05) is 6.07 Å². The van der Waals surface area contributed by atoms with E-state index in [1.54, 1.807) is 0 Å². The lowest BCUT2D eigenvalue weighted by atomic mass is 10.2. The standard InChI is InChI=1S/C19H23N5/c20-15-17-4-6-19(7-5-17)24-13-11-23(12-14-24)10-9-21-16-18-3-1-2-8-22-18/h1-8,21H,9-14,16H2. The molecule has 1 fully saturated rings. The molecule has 3 rings (SSSR count). The van der Waals surface area contributed by atoms with Crippen LogP contribution in [0, 0.1) is 11.3 Å². The Balaban J connectivity index is 1.36. The maximum Gasteiger partial charge on any atom is 0.0991 e. The van der Waals surface area contributed by atoms with E-state index in [-0.39, 0.29) is 0 Å². The number of aromatic nitrogens is 1. The number of pyridine rings is 1. The van der Waals surface area contributed by atoms with Gasteiger partial charge in [0.1, 0.15) is 0 Å². The Morgan fingerprint density at radius 2 is 1.83 bits per heavy atom. The quantitative estimate of drug-likeness (QED) is 0.823. The molecule has 124 valence electrons. The number of nitriles is 1. The average Bonchev–Trinajstić information content (AvgIpc) is 2.67. The molecule has 1 aromatic heterocycles. The Hall–Kier alpha value is -2.42. The van der Waals surface area contributed by atoms with Gasteiger partial charge in [-0.15, -0.1) is 0 Å². The highest BCUT2D eigenvalue weighted by molar-refractivity contribution is 5.50. The van der Waals surface area contributed by atoms with Gasteiger partial charge in [0, 0.05) is 57.7 Å². The van der Waals surface area contributed by atoms with Gasteiger partial charge in [-0.3, -0.25) is 9.88 Å². The molecule has 0 radical (unpaired) electrons. The van der Waals surface area contributed by atoms with Gasteiger partial charge in [0.25, 0.3) is 0 Å². The van der Waals surface area contributed by atoms with Gasteiger partial charge in [-0.05, 0) is 36.4 Å². The maximum atomic E-state index is 8.87. The zero-order valence-corrected chi connectivity index (χ0v) is 13.9. The maximum absolute atomic E-state index is 8.87. The molecule has 2 heterocycles. The van der Waals surface area contributed by atoms with Crippen LogP contribution >= 0.6 is 0 Å². The van der Waals surface area contributed by atoms with E-state index in [1.165, 1.54) is 5.69 Å². The first-order valence-corrected chi connectivity index (χ1v) is 8.43. The summed E-state index contributed by atoms with van der Waals surface area (Å²) in [6, 6.07) is 16.0. The smallest absolute Gasteiger partial charge is 0.0991 e. The number of nitrogens with one attached hydrogen (secondary N) is 1. The van der Waals surface area contributed by atoms with E-state index in [2.05, 4.69) is 26.2 Å². The minimum Gasteiger partial charge on any atom is -0.369 e. The van der Waals surface area contributed by atoms with Gasteiger partial charge in [0.2, 0.25) is 0 Å². The average molecular weight is 321 g/mol. The molecule has 0 atom stereocenters. The molecule has 0 amide bonds. The van der Waals surface area contributed by atoms with Crippen molar-refractivity contribution in [3.63, 3.8) is 0 Å². The van der Waals surface area contributed by atoms with Crippen LogP contribution in [0.4, 0.5) is 5.69 Å². The summed E-state index contributed by atoms with van der Waals surface area (Å²) in [6.07, 6.45) is 1.83. The van der Waals surface area contributed by atoms with E-state index in [0.29, 0.717) is 0 Å². The second-order valence-electron chi connectivity index (χ2n) is 5.99. The van der Waals surface area contributed by atoms with Gasteiger partial charge in [0.15, 0.2) is 0 Å². The van der Waals surface area contributed by atoms with E-state index in [0.717, 1.165) is 57.1 Å². The highest BCUT2D eigenvalue weighted by Crippen LogP contribution is 2.16. The second kappa shape index (κ2) is 8.44. The van der Waals surface area contributed by atoms with Gasteiger partial charge < -0.3 is 10.2 Å². The second-order valence-corrected chi connectivity index (χ2v) is 5.99. The number of hydrogen-bond donors (Lipinski definition) is 1. The first kappa shape index (κ1) is 16.4. The summed E-state index contributed by atoms with van der Waals surface area (Å²) in [4.78, 5) is 9.20. The molecule has 0 unspecified atom stereocenters. The number of rotatable bonds is 6. The largest absolute Gasteiger partial charge is 0.369 e. The van der Waals surface area contributed by atoms with Crippen LogP contribution in [0.3, 0.4) is 0 Å². The van der Waals surface area contributed by atoms with E-state index < -0.39 is 0 Å². The molecule has 0 saturated carbocycles. The molecule has 1 aliphatic rings. The summed E-state index contributed by atoms with van der Waals surface area (Å²) in [6.45, 7) is 7.09. The molecule has 2 aromatic rings. The van der Waals surface area contributed by atoms with Crippen molar-refractivity contribution >= 4 is 5.69 Å². The molecule has 1 saturated heterocycles. The Kier molecular flexibility index (Phi) is 5.78. The topological polar surface area (TPSA) is 55.2 Å². The Morgan fingerprint density at radius 3 is 2.50 bits per heavy atom. The summed E-state index contributed by atoms with van der Waals surface area (Å²) in [5.41, 5.74) is 3.02. The van der Waals surface area contributed by atoms with Gasteiger partial charge in [-0.2, -0.15) is 5.26 Å². The van der Waals surface area contributed by atoms with Crippen LogP contribution in [-0.4, -0.2) is 49.2 Å². The predicted molar refractivity (Wildman–Crippen MR) is 95.8 cm³/mol. The van der Waals surface area contributed by atoms with Crippen LogP contribution in [0.15, 0.2) is 48.7 Å². The van der Waals surface area contributed by atoms with Crippen LogP contribution in [-0.2, 0) is 6.54 Å². The number of hydrogen-bond acceptors (Lipinski definition) is 5. The van der Waals surface area contributed by atoms with E-state index in [1.807, 2.05) is 48.7 Å². The molecule has 5 nitrogen and oxygen atoms in total. The van der Waals surface area contributed by atoms with Crippen molar-refractivity contribution in [2.45, 2.75) is 6.54 Å². The lowest BCUT2D eigenvalue weighted by molar-refractivity contribution is 0.257. The minimum atomic E-state index is 0.719. The van der Waals surface area contributed by atoms with Crippen LogP contribution < -0.4 is 10.2 Å². The molecule has 0 bridgehead atoms. The third-order valence-corrected chi connectivity index (χ3v) is 4.37. The van der Waals surface area contributed by atoms with Crippen molar-refractivity contribution in [2.24, 2.45) is 0 Å². The fourth-order valence-corrected chi connectivity index (χ4v) is 2.93. The molecule has 0 aliphatic carbocycles. The number of benzene rings is 1. The molecular weight excluding hydrogens is 298 g/mol. The highest BCUT2D eigenvalue weighted by atomic mass is 15.3. The molecule has 1 aliphatic heterocycles. The summed E-state index contributed by atoms with van der Waals surface area (Å²) < 4.78 is 0. The Labute approximate surface area is 143 Å². The fraction of sp³-hybridized carbons (Fsp3) is 0.368. The molecular formula is C19H23N5. The van der Waals surface area contributed by atoms with Crippen molar-refractivity contribution in [1.29, 1.82) is 5.26 Å². The summed E-state index contributed by atoms with van der Waals surface area (Å²) in [7, 11) is 0. The van der Waals surface area contributed by atoms with Gasteiger partial charge in [0.05, 0.1) is 17.3 Å². The highest BCUT2D eigenvalue weighted by Gasteiger charge is 2.16.